The number of hydrogen-bond acceptors (Lipinski definition) is 8. The zero-order valence-corrected chi connectivity index (χ0v) is 12.9. The highest BCUT2D eigenvalue weighted by Gasteiger charge is 2.10. The average Bonchev–Trinajstić information content (AvgIpc) is 2.48. The first-order valence-electron chi connectivity index (χ1n) is 6.92. The molecule has 0 amide bonds. The summed E-state index contributed by atoms with van der Waals surface area (Å²) >= 11 is 2.02. The Morgan fingerprint density at radius 3 is 2.65 bits per heavy atom. The van der Waals surface area contributed by atoms with E-state index < -0.39 is 0 Å². The van der Waals surface area contributed by atoms with Crippen LogP contribution in [0.25, 0.3) is 0 Å². The molecule has 1 aliphatic rings. The molecule has 0 saturated carbocycles. The van der Waals surface area contributed by atoms with Gasteiger partial charge in [0, 0.05) is 44.7 Å². The first-order chi connectivity index (χ1) is 9.81. The predicted octanol–water partition coefficient (Wildman–Crippen LogP) is 0.773. The van der Waals surface area contributed by atoms with Crippen molar-refractivity contribution in [1.29, 1.82) is 0 Å². The predicted molar refractivity (Wildman–Crippen MR) is 82.8 cm³/mol. The minimum atomic E-state index is 0.351. The molecule has 0 aliphatic carbocycles. The van der Waals surface area contributed by atoms with Gasteiger partial charge in [-0.3, -0.25) is 4.90 Å². The van der Waals surface area contributed by atoms with E-state index in [2.05, 4.69) is 30.5 Å². The van der Waals surface area contributed by atoms with Crippen molar-refractivity contribution in [3.05, 3.63) is 0 Å². The van der Waals surface area contributed by atoms with Crippen LogP contribution in [0.1, 0.15) is 6.92 Å². The quantitative estimate of drug-likeness (QED) is 0.765. The second-order valence-corrected chi connectivity index (χ2v) is 5.55. The summed E-state index contributed by atoms with van der Waals surface area (Å²) in [5, 5.41) is 6.15. The molecule has 1 saturated heterocycles. The third kappa shape index (κ3) is 4.68. The Morgan fingerprint density at radius 2 is 1.95 bits per heavy atom. The SMILES string of the molecule is CCOc1nc(NC)nc(NCCN2CCSCC2)n1. The molecule has 1 aliphatic heterocycles. The zero-order chi connectivity index (χ0) is 14.2. The molecule has 2 rings (SSSR count). The van der Waals surface area contributed by atoms with Crippen molar-refractivity contribution >= 4 is 23.7 Å². The molecule has 0 aromatic carbocycles. The fourth-order valence-corrected chi connectivity index (χ4v) is 2.87. The van der Waals surface area contributed by atoms with Gasteiger partial charge < -0.3 is 15.4 Å². The fourth-order valence-electron chi connectivity index (χ4n) is 1.89. The monoisotopic (exact) mass is 298 g/mol. The number of rotatable bonds is 7. The van der Waals surface area contributed by atoms with Crippen LogP contribution in [0, 0.1) is 0 Å². The molecule has 7 nitrogen and oxygen atoms in total. The summed E-state index contributed by atoms with van der Waals surface area (Å²) in [5.41, 5.74) is 0. The van der Waals surface area contributed by atoms with E-state index in [1.165, 1.54) is 11.5 Å². The summed E-state index contributed by atoms with van der Waals surface area (Å²) in [6.07, 6.45) is 0. The van der Waals surface area contributed by atoms with Crippen molar-refractivity contribution < 1.29 is 4.74 Å². The maximum absolute atomic E-state index is 5.33. The van der Waals surface area contributed by atoms with Gasteiger partial charge in [0.25, 0.3) is 0 Å². The number of ether oxygens (including phenoxy) is 1. The van der Waals surface area contributed by atoms with Crippen LogP contribution in [-0.2, 0) is 0 Å². The van der Waals surface area contributed by atoms with Crippen LogP contribution in [-0.4, -0.2) is 71.2 Å². The third-order valence-corrected chi connectivity index (χ3v) is 3.87. The first kappa shape index (κ1) is 15.1. The summed E-state index contributed by atoms with van der Waals surface area (Å²) in [5.74, 6) is 3.52. The lowest BCUT2D eigenvalue weighted by molar-refractivity contribution is 0.310. The topological polar surface area (TPSA) is 75.2 Å². The molecule has 8 heteroatoms. The zero-order valence-electron chi connectivity index (χ0n) is 12.1. The van der Waals surface area contributed by atoms with E-state index >= 15 is 0 Å². The minimum Gasteiger partial charge on any atom is -0.464 e. The molecule has 0 radical (unpaired) electrons. The van der Waals surface area contributed by atoms with E-state index in [1.807, 2.05) is 18.7 Å². The number of aromatic nitrogens is 3. The summed E-state index contributed by atoms with van der Waals surface area (Å²) < 4.78 is 5.33. The van der Waals surface area contributed by atoms with Gasteiger partial charge in [0.1, 0.15) is 0 Å². The van der Waals surface area contributed by atoms with Crippen molar-refractivity contribution in [2.75, 3.05) is 62.0 Å². The van der Waals surface area contributed by atoms with Gasteiger partial charge in [-0.15, -0.1) is 0 Å². The Bertz CT molecular complexity index is 413. The molecule has 0 unspecified atom stereocenters. The smallest absolute Gasteiger partial charge is 0.323 e. The van der Waals surface area contributed by atoms with E-state index in [9.17, 15) is 0 Å². The fraction of sp³-hybridized carbons (Fsp3) is 0.750. The van der Waals surface area contributed by atoms with Crippen LogP contribution < -0.4 is 15.4 Å². The second-order valence-electron chi connectivity index (χ2n) is 4.33. The van der Waals surface area contributed by atoms with E-state index in [1.54, 1.807) is 7.05 Å². The third-order valence-electron chi connectivity index (χ3n) is 2.93. The molecule has 0 atom stereocenters. The van der Waals surface area contributed by atoms with Crippen molar-refractivity contribution in [2.45, 2.75) is 6.92 Å². The number of thioether (sulfide) groups is 1. The summed E-state index contributed by atoms with van der Waals surface area (Å²) in [4.78, 5) is 15.1. The molecular weight excluding hydrogens is 276 g/mol. The van der Waals surface area contributed by atoms with Crippen LogP contribution in [0.4, 0.5) is 11.9 Å². The van der Waals surface area contributed by atoms with Crippen molar-refractivity contribution in [1.82, 2.24) is 19.9 Å². The van der Waals surface area contributed by atoms with E-state index in [0.29, 0.717) is 24.5 Å². The van der Waals surface area contributed by atoms with Crippen LogP contribution >= 0.6 is 11.8 Å². The standard InChI is InChI=1S/C12H22N6OS/c1-3-19-12-16-10(13-2)15-11(17-12)14-4-5-18-6-8-20-9-7-18/h3-9H2,1-2H3,(H2,13,14,15,16,17). The Morgan fingerprint density at radius 1 is 1.20 bits per heavy atom. The average molecular weight is 298 g/mol. The molecule has 112 valence electrons. The van der Waals surface area contributed by atoms with Crippen molar-refractivity contribution in [3.8, 4) is 6.01 Å². The van der Waals surface area contributed by atoms with Gasteiger partial charge >= 0.3 is 6.01 Å². The normalized spacial score (nSPS) is 15.9. The number of anilines is 2. The molecule has 1 fully saturated rings. The first-order valence-corrected chi connectivity index (χ1v) is 8.08. The number of nitrogens with one attached hydrogen (secondary N) is 2. The van der Waals surface area contributed by atoms with Gasteiger partial charge in [-0.05, 0) is 6.92 Å². The Kier molecular flexibility index (Phi) is 6.13. The highest BCUT2D eigenvalue weighted by atomic mass is 32.2. The van der Waals surface area contributed by atoms with Gasteiger partial charge in [0.15, 0.2) is 0 Å². The lowest BCUT2D eigenvalue weighted by atomic mass is 10.4. The van der Waals surface area contributed by atoms with Crippen LogP contribution in [0.5, 0.6) is 6.01 Å². The largest absolute Gasteiger partial charge is 0.464 e. The Labute approximate surface area is 123 Å². The highest BCUT2D eigenvalue weighted by Crippen LogP contribution is 2.11. The molecule has 1 aromatic heterocycles. The highest BCUT2D eigenvalue weighted by molar-refractivity contribution is 7.99. The minimum absolute atomic E-state index is 0.351. The molecule has 1 aromatic rings. The molecule has 2 heterocycles. The maximum Gasteiger partial charge on any atom is 0.323 e. The number of hydrogen-bond donors (Lipinski definition) is 2. The maximum atomic E-state index is 5.33. The summed E-state index contributed by atoms with van der Waals surface area (Å²) in [6, 6.07) is 0.351. The Hall–Kier alpha value is -1.28. The molecule has 0 bridgehead atoms. The lowest BCUT2D eigenvalue weighted by Gasteiger charge is -2.25. The second kappa shape index (κ2) is 8.11. The molecule has 0 spiro atoms. The lowest BCUT2D eigenvalue weighted by Crippen LogP contribution is -2.36. The van der Waals surface area contributed by atoms with Gasteiger partial charge in [-0.2, -0.15) is 26.7 Å². The summed E-state index contributed by atoms with van der Waals surface area (Å²) in [7, 11) is 1.78. The van der Waals surface area contributed by atoms with Crippen LogP contribution in [0.3, 0.4) is 0 Å². The van der Waals surface area contributed by atoms with Gasteiger partial charge in [-0.1, -0.05) is 0 Å². The van der Waals surface area contributed by atoms with E-state index in [0.717, 1.165) is 26.2 Å². The van der Waals surface area contributed by atoms with E-state index in [-0.39, 0.29) is 0 Å². The summed E-state index contributed by atoms with van der Waals surface area (Å²) in [6.45, 7) is 6.60. The van der Waals surface area contributed by atoms with Gasteiger partial charge in [0.05, 0.1) is 6.61 Å². The van der Waals surface area contributed by atoms with Crippen LogP contribution in [0.2, 0.25) is 0 Å². The van der Waals surface area contributed by atoms with E-state index in [4.69, 9.17) is 4.74 Å². The molecular formula is C12H22N6OS. The van der Waals surface area contributed by atoms with Gasteiger partial charge in [-0.25, -0.2) is 0 Å². The molecule has 2 N–H and O–H groups in total. The van der Waals surface area contributed by atoms with Crippen molar-refractivity contribution in [3.63, 3.8) is 0 Å². The Balaban J connectivity index is 1.85. The van der Waals surface area contributed by atoms with Gasteiger partial charge in [0.2, 0.25) is 11.9 Å². The molecule has 20 heavy (non-hydrogen) atoms. The number of nitrogens with zero attached hydrogens (tertiary/aromatic N) is 4. The van der Waals surface area contributed by atoms with Crippen molar-refractivity contribution in [2.24, 2.45) is 0 Å². The van der Waals surface area contributed by atoms with Crippen LogP contribution in [0.15, 0.2) is 0 Å².